The highest BCUT2D eigenvalue weighted by Crippen LogP contribution is 2.29. The maximum Gasteiger partial charge on any atom is 0.313 e. The summed E-state index contributed by atoms with van der Waals surface area (Å²) < 4.78 is 4.71. The first-order chi connectivity index (χ1) is 7.11. The third kappa shape index (κ3) is 5.52. The molecule has 1 aliphatic rings. The van der Waals surface area contributed by atoms with E-state index in [1.54, 1.807) is 6.92 Å². The van der Waals surface area contributed by atoms with E-state index in [2.05, 4.69) is 0 Å². The highest BCUT2D eigenvalue weighted by molar-refractivity contribution is 5.96. The molecule has 0 aromatic carbocycles. The Bertz CT molecular complexity index is 236. The lowest BCUT2D eigenvalue weighted by molar-refractivity contribution is -0.145. The summed E-state index contributed by atoms with van der Waals surface area (Å²) in [5, 5.41) is 0. The van der Waals surface area contributed by atoms with Crippen molar-refractivity contribution in [2.24, 2.45) is 5.92 Å². The van der Waals surface area contributed by atoms with Gasteiger partial charge in [0.2, 0.25) is 0 Å². The van der Waals surface area contributed by atoms with Gasteiger partial charge in [-0.3, -0.25) is 14.5 Å². The molecule has 1 fully saturated rings. The summed E-state index contributed by atoms with van der Waals surface area (Å²) >= 11 is 0. The van der Waals surface area contributed by atoms with E-state index in [1.165, 1.54) is 12.8 Å². The Hall–Kier alpha value is -0.900. The van der Waals surface area contributed by atoms with Crippen molar-refractivity contribution in [1.82, 2.24) is 4.90 Å². The standard InChI is InChI=1S/C11H19NO3/c1-3-15-11(14)6-10(13)8-12(2)7-9-4-5-9/h9H,3-8H2,1-2H3. The molecule has 0 amide bonds. The number of carbonyl (C=O) groups excluding carboxylic acids is 2. The average molecular weight is 213 g/mol. The van der Waals surface area contributed by atoms with Crippen molar-refractivity contribution < 1.29 is 14.3 Å². The number of likely N-dealkylation sites (N-methyl/N-ethyl adjacent to an activating group) is 1. The molecule has 15 heavy (non-hydrogen) atoms. The number of ether oxygens (including phenoxy) is 1. The monoisotopic (exact) mass is 213 g/mol. The molecule has 0 atom stereocenters. The summed E-state index contributed by atoms with van der Waals surface area (Å²) in [4.78, 5) is 24.4. The van der Waals surface area contributed by atoms with E-state index in [0.29, 0.717) is 13.2 Å². The van der Waals surface area contributed by atoms with Crippen molar-refractivity contribution in [1.29, 1.82) is 0 Å². The normalized spacial score (nSPS) is 15.4. The van der Waals surface area contributed by atoms with E-state index < -0.39 is 5.97 Å². The molecule has 0 aromatic heterocycles. The summed E-state index contributed by atoms with van der Waals surface area (Å²) in [6.07, 6.45) is 2.45. The summed E-state index contributed by atoms with van der Waals surface area (Å²) in [5.41, 5.74) is 0. The minimum Gasteiger partial charge on any atom is -0.466 e. The number of Topliss-reactive ketones (excluding diaryl/α,β-unsaturated/α-hetero) is 1. The van der Waals surface area contributed by atoms with Gasteiger partial charge in [0, 0.05) is 6.54 Å². The molecule has 0 radical (unpaired) electrons. The van der Waals surface area contributed by atoms with Crippen LogP contribution in [0, 0.1) is 5.92 Å². The zero-order valence-electron chi connectivity index (χ0n) is 9.49. The predicted octanol–water partition coefficient (Wildman–Crippen LogP) is 0.851. The van der Waals surface area contributed by atoms with E-state index in [9.17, 15) is 9.59 Å². The van der Waals surface area contributed by atoms with Gasteiger partial charge in [-0.05, 0) is 32.7 Å². The van der Waals surface area contributed by atoms with Gasteiger partial charge in [-0.25, -0.2) is 0 Å². The third-order valence-electron chi connectivity index (χ3n) is 2.36. The highest BCUT2D eigenvalue weighted by Gasteiger charge is 2.23. The van der Waals surface area contributed by atoms with Crippen LogP contribution in [0.1, 0.15) is 26.2 Å². The molecule has 0 aliphatic heterocycles. The van der Waals surface area contributed by atoms with Crippen LogP contribution < -0.4 is 0 Å². The number of hydrogen-bond acceptors (Lipinski definition) is 4. The van der Waals surface area contributed by atoms with E-state index in [-0.39, 0.29) is 12.2 Å². The van der Waals surface area contributed by atoms with Crippen LogP contribution in [0.3, 0.4) is 0 Å². The van der Waals surface area contributed by atoms with E-state index >= 15 is 0 Å². The molecular weight excluding hydrogens is 194 g/mol. The number of esters is 1. The molecule has 86 valence electrons. The molecule has 0 bridgehead atoms. The van der Waals surface area contributed by atoms with E-state index in [0.717, 1.165) is 12.5 Å². The smallest absolute Gasteiger partial charge is 0.313 e. The SMILES string of the molecule is CCOC(=O)CC(=O)CN(C)CC1CC1. The molecule has 0 heterocycles. The molecule has 1 aliphatic carbocycles. The van der Waals surface area contributed by atoms with Gasteiger partial charge in [-0.15, -0.1) is 0 Å². The second kappa shape index (κ2) is 5.85. The minimum atomic E-state index is -0.415. The maximum absolute atomic E-state index is 11.4. The highest BCUT2D eigenvalue weighted by atomic mass is 16.5. The molecule has 0 aromatic rings. The van der Waals surface area contributed by atoms with Gasteiger partial charge < -0.3 is 4.74 Å². The van der Waals surface area contributed by atoms with E-state index in [1.807, 2.05) is 11.9 Å². The number of carbonyl (C=O) groups is 2. The van der Waals surface area contributed by atoms with E-state index in [4.69, 9.17) is 4.74 Å². The second-order valence-corrected chi connectivity index (χ2v) is 4.16. The predicted molar refractivity (Wildman–Crippen MR) is 56.5 cm³/mol. The van der Waals surface area contributed by atoms with Crippen molar-refractivity contribution >= 4 is 11.8 Å². The lowest BCUT2D eigenvalue weighted by Crippen LogP contribution is -2.29. The third-order valence-corrected chi connectivity index (χ3v) is 2.36. The Morgan fingerprint density at radius 2 is 2.07 bits per heavy atom. The molecule has 0 spiro atoms. The number of rotatable bonds is 7. The van der Waals surface area contributed by atoms with Crippen molar-refractivity contribution in [3.63, 3.8) is 0 Å². The minimum absolute atomic E-state index is 0.0587. The van der Waals surface area contributed by atoms with Crippen LogP contribution in [0.25, 0.3) is 0 Å². The van der Waals surface area contributed by atoms with Crippen molar-refractivity contribution in [3.05, 3.63) is 0 Å². The van der Waals surface area contributed by atoms with Gasteiger partial charge in [0.1, 0.15) is 6.42 Å². The van der Waals surface area contributed by atoms with Gasteiger partial charge in [-0.2, -0.15) is 0 Å². The van der Waals surface area contributed by atoms with Gasteiger partial charge in [0.25, 0.3) is 0 Å². The van der Waals surface area contributed by atoms with Crippen LogP contribution >= 0.6 is 0 Å². The second-order valence-electron chi connectivity index (χ2n) is 4.16. The lowest BCUT2D eigenvalue weighted by atomic mass is 10.2. The quantitative estimate of drug-likeness (QED) is 0.464. The molecule has 0 N–H and O–H groups in total. The van der Waals surface area contributed by atoms with Crippen molar-refractivity contribution in [3.8, 4) is 0 Å². The van der Waals surface area contributed by atoms with Crippen LogP contribution in [0.15, 0.2) is 0 Å². The first kappa shape index (κ1) is 12.2. The topological polar surface area (TPSA) is 46.6 Å². The molecule has 1 rings (SSSR count). The Morgan fingerprint density at radius 1 is 1.40 bits per heavy atom. The first-order valence-electron chi connectivity index (χ1n) is 5.47. The average Bonchev–Trinajstić information content (AvgIpc) is 2.87. The Kier molecular flexibility index (Phi) is 4.75. The van der Waals surface area contributed by atoms with Crippen molar-refractivity contribution in [2.45, 2.75) is 26.2 Å². The van der Waals surface area contributed by atoms with Crippen LogP contribution in [-0.4, -0.2) is 43.4 Å². The van der Waals surface area contributed by atoms with Gasteiger partial charge in [0.05, 0.1) is 13.2 Å². The summed E-state index contributed by atoms with van der Waals surface area (Å²) in [5.74, 6) is 0.296. The molecule has 4 nitrogen and oxygen atoms in total. The van der Waals surface area contributed by atoms with Crippen LogP contribution in [0.5, 0.6) is 0 Å². The Morgan fingerprint density at radius 3 is 2.60 bits per heavy atom. The summed E-state index contributed by atoms with van der Waals surface area (Å²) in [7, 11) is 1.92. The Labute approximate surface area is 90.6 Å². The number of ketones is 1. The Balaban J connectivity index is 2.13. The zero-order valence-corrected chi connectivity index (χ0v) is 9.49. The fourth-order valence-electron chi connectivity index (χ4n) is 1.54. The number of hydrogen-bond donors (Lipinski definition) is 0. The zero-order chi connectivity index (χ0) is 11.3. The lowest BCUT2D eigenvalue weighted by Gasteiger charge is -2.14. The summed E-state index contributed by atoms with van der Waals surface area (Å²) in [6, 6.07) is 0. The molecule has 1 saturated carbocycles. The largest absolute Gasteiger partial charge is 0.466 e. The van der Waals surface area contributed by atoms with Crippen LogP contribution in [0.4, 0.5) is 0 Å². The van der Waals surface area contributed by atoms with Gasteiger partial charge >= 0.3 is 5.97 Å². The van der Waals surface area contributed by atoms with Crippen LogP contribution in [-0.2, 0) is 14.3 Å². The fourth-order valence-corrected chi connectivity index (χ4v) is 1.54. The molecular formula is C11H19NO3. The van der Waals surface area contributed by atoms with Crippen molar-refractivity contribution in [2.75, 3.05) is 26.7 Å². The van der Waals surface area contributed by atoms with Gasteiger partial charge in [0.15, 0.2) is 5.78 Å². The fraction of sp³-hybridized carbons (Fsp3) is 0.818. The first-order valence-corrected chi connectivity index (χ1v) is 5.47. The molecule has 0 unspecified atom stereocenters. The number of nitrogens with zero attached hydrogens (tertiary/aromatic N) is 1. The molecule has 0 saturated heterocycles. The maximum atomic E-state index is 11.4. The van der Waals surface area contributed by atoms with Crippen LogP contribution in [0.2, 0.25) is 0 Å². The van der Waals surface area contributed by atoms with Gasteiger partial charge in [-0.1, -0.05) is 0 Å². The summed E-state index contributed by atoms with van der Waals surface area (Å²) in [6.45, 7) is 3.40. The molecule has 4 heteroatoms.